The van der Waals surface area contributed by atoms with Crippen LogP contribution in [0.5, 0.6) is 0 Å². The lowest BCUT2D eigenvalue weighted by Gasteiger charge is -2.38. The molecule has 8 rings (SSSR count). The van der Waals surface area contributed by atoms with Crippen molar-refractivity contribution in [1.82, 2.24) is 60.8 Å². The van der Waals surface area contributed by atoms with Crippen LogP contribution in [0.15, 0.2) is 78.9 Å². The SMILES string of the molecule is CCc1cc(NC(=O)NC[C@@H]2CCCN(CCc3ccc(Cl)cc3Cl)C2)cc(-c2nnnn2C)c1.CCc1cc(NC(=O)NC[C@H]2CN(CCc3ccc(F)cc3)CC[C@@H]2CC)cc(-c2nnnn2C)c1.[HH].[HH].[HH].[HH]. The Kier molecular flexibility index (Phi) is 19.3. The van der Waals surface area contributed by atoms with Gasteiger partial charge < -0.3 is 31.1 Å². The molecule has 19 heteroatoms. The van der Waals surface area contributed by atoms with E-state index in [4.69, 9.17) is 23.2 Å². The van der Waals surface area contributed by atoms with Gasteiger partial charge in [-0.15, -0.1) is 10.2 Å². The van der Waals surface area contributed by atoms with Gasteiger partial charge in [0.15, 0.2) is 11.6 Å². The lowest BCUT2D eigenvalue weighted by atomic mass is 9.83. The van der Waals surface area contributed by atoms with Crippen molar-refractivity contribution in [2.24, 2.45) is 31.8 Å². The molecule has 6 aromatic rings. The summed E-state index contributed by atoms with van der Waals surface area (Å²) in [6.07, 6.45) is 7.92. The molecule has 0 unspecified atom stereocenters. The van der Waals surface area contributed by atoms with Crippen LogP contribution >= 0.6 is 23.2 Å². The molecule has 0 saturated carbocycles. The van der Waals surface area contributed by atoms with Crippen LogP contribution in [0.3, 0.4) is 0 Å². The lowest BCUT2D eigenvalue weighted by Crippen LogP contribution is -2.46. The van der Waals surface area contributed by atoms with Gasteiger partial charge in [-0.3, -0.25) is 0 Å². The number of carbonyl (C=O) groups is 2. The second kappa shape index (κ2) is 25.9. The van der Waals surface area contributed by atoms with Crippen molar-refractivity contribution in [2.75, 3.05) is 63.0 Å². The predicted molar refractivity (Wildman–Crippen MR) is 287 cm³/mol. The van der Waals surface area contributed by atoms with Crippen LogP contribution in [0.2, 0.25) is 10.0 Å². The molecule has 0 spiro atoms. The van der Waals surface area contributed by atoms with E-state index in [1.54, 1.807) is 29.5 Å². The number of amides is 4. The molecule has 2 fully saturated rings. The highest BCUT2D eigenvalue weighted by molar-refractivity contribution is 6.35. The fraction of sp³-hybridized carbons (Fsp3) is 0.462. The van der Waals surface area contributed by atoms with Crippen molar-refractivity contribution < 1.29 is 19.7 Å². The zero-order chi connectivity index (χ0) is 50.3. The fourth-order valence-electron chi connectivity index (χ4n) is 9.54. The summed E-state index contributed by atoms with van der Waals surface area (Å²) < 4.78 is 16.4. The largest absolute Gasteiger partial charge is 0.338 e. The molecule has 2 saturated heterocycles. The van der Waals surface area contributed by atoms with Crippen LogP contribution in [0.1, 0.15) is 74.4 Å². The summed E-state index contributed by atoms with van der Waals surface area (Å²) in [6.45, 7) is 13.6. The van der Waals surface area contributed by atoms with Crippen molar-refractivity contribution in [3.05, 3.63) is 117 Å². The molecule has 3 atom stereocenters. The Morgan fingerprint density at radius 1 is 0.676 bits per heavy atom. The number of hydrogen-bond donors (Lipinski definition) is 4. The molecule has 386 valence electrons. The van der Waals surface area contributed by atoms with Gasteiger partial charge in [0.2, 0.25) is 0 Å². The van der Waals surface area contributed by atoms with Gasteiger partial charge in [0.05, 0.1) is 0 Å². The number of rotatable bonds is 17. The molecular formula is C52H75Cl2FN14O2. The Bertz CT molecular complexity index is 2700. The number of hydrogen-bond acceptors (Lipinski definition) is 10. The number of anilines is 2. The zero-order valence-corrected chi connectivity index (χ0v) is 43.0. The van der Waals surface area contributed by atoms with E-state index in [0.717, 1.165) is 140 Å². The molecule has 4 aromatic carbocycles. The molecule has 16 nitrogen and oxygen atoms in total. The van der Waals surface area contributed by atoms with Crippen LogP contribution in [0.4, 0.5) is 25.4 Å². The monoisotopic (exact) mass is 1020 g/mol. The molecule has 71 heavy (non-hydrogen) atoms. The summed E-state index contributed by atoms with van der Waals surface area (Å²) >= 11 is 12.3. The standard InChI is InChI=1S/C27H36FN7O.C25H31Cl2N7O.4H2/c1-4-19-14-22(26-31-32-33-34(26)3)16-25(15-19)30-27(36)29-17-23-18-35(13-11-21(23)5-2)12-10-20-6-8-24(28)9-7-20;1-3-17-11-20(24-30-31-32-33(24)2)13-22(12-17)29-25(35)28-15-18-5-4-9-34(16-18)10-8-19-6-7-21(26)14-23(19)27;;;;/h6-9,14-16,21,23H,4-5,10-13,17-18H2,1-3H3,(H2,29,30,36);6-7,11-14,18H,3-5,8-10,15-16H2,1-2H3,(H2,28,29,35);4*1H/t21-,23-;18-;;;;/m00..../s1. The highest BCUT2D eigenvalue weighted by Crippen LogP contribution is 2.28. The minimum Gasteiger partial charge on any atom is -0.338 e. The normalized spacial score (nSPS) is 17.3. The lowest BCUT2D eigenvalue weighted by molar-refractivity contribution is 0.117. The molecule has 4 amide bonds. The highest BCUT2D eigenvalue weighted by Gasteiger charge is 2.28. The maximum Gasteiger partial charge on any atom is 0.319 e. The van der Waals surface area contributed by atoms with Crippen LogP contribution < -0.4 is 21.3 Å². The third kappa shape index (κ3) is 15.5. The topological polar surface area (TPSA) is 176 Å². The van der Waals surface area contributed by atoms with Crippen molar-refractivity contribution in [3.8, 4) is 22.8 Å². The Morgan fingerprint density at radius 2 is 1.27 bits per heavy atom. The number of piperidine rings is 2. The summed E-state index contributed by atoms with van der Waals surface area (Å²) in [5, 5.41) is 37.0. The smallest absolute Gasteiger partial charge is 0.319 e. The molecule has 4 N–H and O–H groups in total. The average Bonchev–Trinajstić information content (AvgIpc) is 4.02. The van der Waals surface area contributed by atoms with E-state index in [0.29, 0.717) is 47.5 Å². The van der Waals surface area contributed by atoms with Crippen LogP contribution in [-0.4, -0.2) is 115 Å². The summed E-state index contributed by atoms with van der Waals surface area (Å²) in [6, 6.07) is 23.9. The van der Waals surface area contributed by atoms with Crippen molar-refractivity contribution >= 4 is 46.6 Å². The number of tetrazole rings is 2. The van der Waals surface area contributed by atoms with E-state index < -0.39 is 0 Å². The summed E-state index contributed by atoms with van der Waals surface area (Å²) in [7, 11) is 3.59. The molecule has 0 aliphatic carbocycles. The van der Waals surface area contributed by atoms with Crippen LogP contribution in [0, 0.1) is 23.6 Å². The number of nitrogens with one attached hydrogen (secondary N) is 4. The summed E-state index contributed by atoms with van der Waals surface area (Å²) in [5.41, 5.74) is 7.65. The molecular weight excluding hydrogens is 943 g/mol. The van der Waals surface area contributed by atoms with E-state index in [-0.39, 0.29) is 23.6 Å². The minimum absolute atomic E-state index is 0. The van der Waals surface area contributed by atoms with Gasteiger partial charge in [0.25, 0.3) is 0 Å². The zero-order valence-electron chi connectivity index (χ0n) is 41.5. The third-order valence-corrected chi connectivity index (χ3v) is 14.2. The number of halogens is 3. The van der Waals surface area contributed by atoms with E-state index in [2.05, 4.69) is 82.9 Å². The Balaban J connectivity index is 0.000000375. The van der Waals surface area contributed by atoms with Crippen molar-refractivity contribution in [3.63, 3.8) is 0 Å². The number of likely N-dealkylation sites (tertiary alicyclic amines) is 2. The predicted octanol–water partition coefficient (Wildman–Crippen LogP) is 10.1. The van der Waals surface area contributed by atoms with E-state index in [1.165, 1.54) is 12.1 Å². The summed E-state index contributed by atoms with van der Waals surface area (Å²) in [5.74, 6) is 2.51. The quantitative estimate of drug-likeness (QED) is 0.0688. The van der Waals surface area contributed by atoms with Gasteiger partial charge in [-0.2, -0.15) is 0 Å². The average molecular weight is 1020 g/mol. The maximum absolute atomic E-state index is 13.2. The van der Waals surface area contributed by atoms with Gasteiger partial charge in [-0.05, 0) is 180 Å². The number of aryl methyl sites for hydroxylation is 4. The van der Waals surface area contributed by atoms with Crippen molar-refractivity contribution in [1.29, 1.82) is 0 Å². The first-order valence-corrected chi connectivity index (χ1v) is 25.6. The molecule has 2 aliphatic heterocycles. The number of aromatic nitrogens is 8. The number of nitrogens with zero attached hydrogens (tertiary/aromatic N) is 10. The number of carbonyl (C=O) groups excluding carboxylic acids is 2. The summed E-state index contributed by atoms with van der Waals surface area (Å²) in [4.78, 5) is 30.4. The molecule has 4 heterocycles. The number of urea groups is 2. The molecule has 0 bridgehead atoms. The molecule has 2 aliphatic rings. The Morgan fingerprint density at radius 3 is 1.83 bits per heavy atom. The van der Waals surface area contributed by atoms with Gasteiger partial charge in [0.1, 0.15) is 5.82 Å². The first kappa shape index (κ1) is 52.8. The minimum atomic E-state index is -0.205. The maximum atomic E-state index is 13.2. The first-order valence-electron chi connectivity index (χ1n) is 24.8. The van der Waals surface area contributed by atoms with Crippen LogP contribution in [0.25, 0.3) is 22.8 Å². The Hall–Kier alpha value is -6.01. The van der Waals surface area contributed by atoms with Gasteiger partial charge >= 0.3 is 12.1 Å². The molecule has 2 aromatic heterocycles. The van der Waals surface area contributed by atoms with Crippen LogP contribution in [-0.2, 0) is 39.8 Å². The highest BCUT2D eigenvalue weighted by atomic mass is 35.5. The van der Waals surface area contributed by atoms with E-state index in [1.807, 2.05) is 60.7 Å². The second-order valence-corrected chi connectivity index (χ2v) is 19.5. The van der Waals surface area contributed by atoms with Gasteiger partial charge in [0, 0.05) is 91.6 Å². The van der Waals surface area contributed by atoms with E-state index >= 15 is 0 Å². The Labute approximate surface area is 432 Å². The fourth-order valence-corrected chi connectivity index (χ4v) is 10.0. The van der Waals surface area contributed by atoms with E-state index in [9.17, 15) is 14.0 Å². The third-order valence-electron chi connectivity index (χ3n) is 13.6. The van der Waals surface area contributed by atoms with Crippen molar-refractivity contribution in [2.45, 2.75) is 72.1 Å². The number of benzene rings is 4. The van der Waals surface area contributed by atoms with Gasteiger partial charge in [-0.1, -0.05) is 68.6 Å². The molecule has 0 radical (unpaired) electrons. The second-order valence-electron chi connectivity index (χ2n) is 18.7. The van der Waals surface area contributed by atoms with Gasteiger partial charge in [-0.25, -0.2) is 23.3 Å². The first-order chi connectivity index (χ1) is 34.4.